The maximum atomic E-state index is 12.6. The van der Waals surface area contributed by atoms with Crippen LogP contribution in [0, 0.1) is 0 Å². The summed E-state index contributed by atoms with van der Waals surface area (Å²) in [4.78, 5) is 28.0. The molecule has 156 valence electrons. The third-order valence-electron chi connectivity index (χ3n) is 5.70. The lowest BCUT2D eigenvalue weighted by atomic mass is 10.0. The molecular weight excluding hydrogens is 368 g/mol. The van der Waals surface area contributed by atoms with Gasteiger partial charge in [0.1, 0.15) is 0 Å². The van der Waals surface area contributed by atoms with Crippen molar-refractivity contribution >= 4 is 21.7 Å². The minimum Gasteiger partial charge on any atom is -0.358 e. The molecule has 2 aliphatic rings. The van der Waals surface area contributed by atoms with Crippen LogP contribution in [0.4, 0.5) is 0 Å². The zero-order valence-corrected chi connectivity index (χ0v) is 17.4. The molecule has 2 fully saturated rings. The van der Waals surface area contributed by atoms with Crippen LogP contribution >= 0.6 is 0 Å². The highest BCUT2D eigenvalue weighted by Gasteiger charge is 2.31. The predicted molar refractivity (Wildman–Crippen MR) is 105 cm³/mol. The summed E-state index contributed by atoms with van der Waals surface area (Å²) in [6.45, 7) is 2.30. The monoisotopic (exact) mass is 402 g/mol. The van der Waals surface area contributed by atoms with Crippen LogP contribution in [0.25, 0.3) is 0 Å². The number of amides is 2. The van der Waals surface area contributed by atoms with Gasteiger partial charge in [-0.1, -0.05) is 12.8 Å². The summed E-state index contributed by atoms with van der Waals surface area (Å²) >= 11 is 0. The number of carbonyl (C=O) groups is 2. The number of likely N-dealkylation sites (N-methyl/N-ethyl adjacent to an activating group) is 2. The second kappa shape index (κ2) is 10.4. The summed E-state index contributed by atoms with van der Waals surface area (Å²) in [5.74, 6) is 0.0421. The fourth-order valence-electron chi connectivity index (χ4n) is 4.06. The molecule has 0 radical (unpaired) electrons. The number of rotatable bonds is 8. The maximum Gasteiger partial charge on any atom is 0.237 e. The molecule has 2 amide bonds. The Kier molecular flexibility index (Phi) is 8.50. The van der Waals surface area contributed by atoms with Crippen LogP contribution in [0.5, 0.6) is 0 Å². The number of hydrogen-bond acceptors (Lipinski definition) is 6. The number of hydrogen-bond donors (Lipinski definition) is 2. The first-order valence-corrected chi connectivity index (χ1v) is 11.8. The van der Waals surface area contributed by atoms with E-state index >= 15 is 0 Å². The first-order chi connectivity index (χ1) is 12.9. The van der Waals surface area contributed by atoms with Gasteiger partial charge in [0.2, 0.25) is 11.8 Å². The van der Waals surface area contributed by atoms with Crippen LogP contribution in [-0.4, -0.2) is 93.9 Å². The van der Waals surface area contributed by atoms with Crippen molar-refractivity contribution in [2.45, 2.75) is 50.6 Å². The summed E-state index contributed by atoms with van der Waals surface area (Å²) in [5, 5.41) is 5.35. The SMILES string of the molecule is CNC(=O)C1CCCCN1CCS(=O)(=O)CCN1CCCCC1C(=O)NC. The molecule has 0 bridgehead atoms. The van der Waals surface area contributed by atoms with Crippen LogP contribution in [0.3, 0.4) is 0 Å². The summed E-state index contributed by atoms with van der Waals surface area (Å²) < 4.78 is 25.1. The van der Waals surface area contributed by atoms with E-state index in [4.69, 9.17) is 0 Å². The van der Waals surface area contributed by atoms with E-state index < -0.39 is 9.84 Å². The highest BCUT2D eigenvalue weighted by molar-refractivity contribution is 7.91. The van der Waals surface area contributed by atoms with Gasteiger partial charge in [0.05, 0.1) is 23.6 Å². The molecule has 2 unspecified atom stereocenters. The van der Waals surface area contributed by atoms with Crippen molar-refractivity contribution in [1.82, 2.24) is 20.4 Å². The van der Waals surface area contributed by atoms with Crippen molar-refractivity contribution in [2.24, 2.45) is 0 Å². The van der Waals surface area contributed by atoms with Gasteiger partial charge < -0.3 is 10.6 Å². The number of likely N-dealkylation sites (tertiary alicyclic amines) is 2. The van der Waals surface area contributed by atoms with Crippen LogP contribution in [0.1, 0.15) is 38.5 Å². The van der Waals surface area contributed by atoms with Crippen molar-refractivity contribution in [2.75, 3.05) is 51.8 Å². The molecular formula is C18H34N4O4S. The molecule has 0 saturated carbocycles. The van der Waals surface area contributed by atoms with Gasteiger partial charge in [0.25, 0.3) is 0 Å². The zero-order valence-electron chi connectivity index (χ0n) is 16.6. The highest BCUT2D eigenvalue weighted by Crippen LogP contribution is 2.18. The topological polar surface area (TPSA) is 98.8 Å². The molecule has 0 aromatic carbocycles. The number of nitrogens with zero attached hydrogens (tertiary/aromatic N) is 2. The third-order valence-corrected chi connectivity index (χ3v) is 7.31. The van der Waals surface area contributed by atoms with Crippen molar-refractivity contribution in [3.63, 3.8) is 0 Å². The Bertz CT molecular complexity index is 564. The molecule has 27 heavy (non-hydrogen) atoms. The fraction of sp³-hybridized carbons (Fsp3) is 0.889. The average molecular weight is 403 g/mol. The van der Waals surface area contributed by atoms with Crippen molar-refractivity contribution in [3.8, 4) is 0 Å². The van der Waals surface area contributed by atoms with E-state index in [9.17, 15) is 18.0 Å². The van der Waals surface area contributed by atoms with E-state index in [1.165, 1.54) is 0 Å². The van der Waals surface area contributed by atoms with Gasteiger partial charge in [-0.05, 0) is 38.8 Å². The molecule has 2 rings (SSSR count). The minimum absolute atomic E-state index is 0.0335. The van der Waals surface area contributed by atoms with Crippen LogP contribution < -0.4 is 10.6 Å². The number of nitrogens with one attached hydrogen (secondary N) is 2. The lowest BCUT2D eigenvalue weighted by Crippen LogP contribution is -2.51. The second-order valence-electron chi connectivity index (χ2n) is 7.48. The summed E-state index contributed by atoms with van der Waals surface area (Å²) in [6, 6.07) is -0.447. The lowest BCUT2D eigenvalue weighted by Gasteiger charge is -2.35. The lowest BCUT2D eigenvalue weighted by molar-refractivity contribution is -0.127. The van der Waals surface area contributed by atoms with E-state index in [1.807, 2.05) is 9.80 Å². The number of carbonyl (C=O) groups excluding carboxylic acids is 2. The zero-order chi connectivity index (χ0) is 19.9. The smallest absolute Gasteiger partial charge is 0.237 e. The molecule has 2 atom stereocenters. The van der Waals surface area contributed by atoms with Gasteiger partial charge >= 0.3 is 0 Å². The predicted octanol–water partition coefficient (Wildman–Crippen LogP) is -0.398. The average Bonchev–Trinajstić information content (AvgIpc) is 2.70. The molecule has 9 heteroatoms. The fourth-order valence-corrected chi connectivity index (χ4v) is 5.29. The Morgan fingerprint density at radius 2 is 1.22 bits per heavy atom. The molecule has 2 N–H and O–H groups in total. The van der Waals surface area contributed by atoms with Gasteiger partial charge in [0.15, 0.2) is 9.84 Å². The van der Waals surface area contributed by atoms with Gasteiger partial charge in [-0.3, -0.25) is 19.4 Å². The summed E-state index contributed by atoms with van der Waals surface area (Å²) in [7, 11) is -0.00198. The second-order valence-corrected chi connectivity index (χ2v) is 9.78. The molecule has 2 saturated heterocycles. The molecule has 0 spiro atoms. The first kappa shape index (κ1) is 22.1. The number of piperidine rings is 2. The van der Waals surface area contributed by atoms with Gasteiger partial charge in [-0.2, -0.15) is 0 Å². The first-order valence-electron chi connectivity index (χ1n) is 9.99. The molecule has 0 aromatic heterocycles. The van der Waals surface area contributed by atoms with Crippen LogP contribution in [-0.2, 0) is 19.4 Å². The maximum absolute atomic E-state index is 12.6. The molecule has 2 heterocycles. The highest BCUT2D eigenvalue weighted by atomic mass is 32.2. The molecule has 0 aromatic rings. The third kappa shape index (κ3) is 6.43. The Balaban J connectivity index is 1.86. The standard InChI is InChI=1S/C18H34N4O4S/c1-19-17(23)15-7-3-5-9-21(15)11-13-27(25,26)14-12-22-10-6-4-8-16(22)18(24)20-2/h15-16H,3-14H2,1-2H3,(H,19,23)(H,20,24). The van der Waals surface area contributed by atoms with E-state index in [0.717, 1.165) is 51.6 Å². The number of sulfone groups is 1. The van der Waals surface area contributed by atoms with Crippen LogP contribution in [0.15, 0.2) is 0 Å². The van der Waals surface area contributed by atoms with E-state index in [1.54, 1.807) is 14.1 Å². The Morgan fingerprint density at radius 1 is 0.815 bits per heavy atom. The van der Waals surface area contributed by atoms with E-state index in [2.05, 4.69) is 10.6 Å². The molecule has 2 aliphatic heterocycles. The quantitative estimate of drug-likeness (QED) is 0.573. The summed E-state index contributed by atoms with van der Waals surface area (Å²) in [6.07, 6.45) is 5.54. The Hall–Kier alpha value is -1.19. The molecule has 8 nitrogen and oxygen atoms in total. The normalized spacial score (nSPS) is 25.1. The Morgan fingerprint density at radius 3 is 1.59 bits per heavy atom. The summed E-state index contributed by atoms with van der Waals surface area (Å²) in [5.41, 5.74) is 0. The van der Waals surface area contributed by atoms with Crippen molar-refractivity contribution < 1.29 is 18.0 Å². The van der Waals surface area contributed by atoms with Gasteiger partial charge in [0, 0.05) is 27.2 Å². The van der Waals surface area contributed by atoms with Gasteiger partial charge in [-0.15, -0.1) is 0 Å². The van der Waals surface area contributed by atoms with Gasteiger partial charge in [-0.25, -0.2) is 8.42 Å². The van der Waals surface area contributed by atoms with Crippen LogP contribution in [0.2, 0.25) is 0 Å². The van der Waals surface area contributed by atoms with Crippen molar-refractivity contribution in [3.05, 3.63) is 0 Å². The van der Waals surface area contributed by atoms with Crippen molar-refractivity contribution in [1.29, 1.82) is 0 Å². The Labute approximate surface area is 162 Å². The van der Waals surface area contributed by atoms with E-state index in [-0.39, 0.29) is 35.4 Å². The minimum atomic E-state index is -3.24. The van der Waals surface area contributed by atoms with E-state index in [0.29, 0.717) is 13.1 Å². The molecule has 0 aliphatic carbocycles. The largest absolute Gasteiger partial charge is 0.358 e.